The van der Waals surface area contributed by atoms with Crippen molar-refractivity contribution in [2.45, 2.75) is 32.1 Å². The van der Waals surface area contributed by atoms with Crippen molar-refractivity contribution >= 4 is 23.2 Å². The van der Waals surface area contributed by atoms with Crippen molar-refractivity contribution in [3.05, 3.63) is 21.7 Å². The van der Waals surface area contributed by atoms with Gasteiger partial charge in [0.05, 0.1) is 6.61 Å². The SMILES string of the molecule is CC(C)c1c(Cl)nc(C2CCOC2)nc1Cl. The summed E-state index contributed by atoms with van der Waals surface area (Å²) in [6.45, 7) is 5.46. The summed E-state index contributed by atoms with van der Waals surface area (Å²) < 4.78 is 5.30. The van der Waals surface area contributed by atoms with Gasteiger partial charge in [-0.05, 0) is 12.3 Å². The molecule has 1 saturated heterocycles. The molecule has 88 valence electrons. The lowest BCUT2D eigenvalue weighted by molar-refractivity contribution is 0.193. The zero-order valence-electron chi connectivity index (χ0n) is 9.33. The fraction of sp³-hybridized carbons (Fsp3) is 0.636. The number of hydrogen-bond acceptors (Lipinski definition) is 3. The second-order valence-corrected chi connectivity index (χ2v) is 5.01. The van der Waals surface area contributed by atoms with Crippen LogP contribution in [0, 0.1) is 0 Å². The third-order valence-corrected chi connectivity index (χ3v) is 3.32. The first-order chi connectivity index (χ1) is 7.59. The van der Waals surface area contributed by atoms with E-state index in [0.717, 1.165) is 18.6 Å². The Kier molecular flexibility index (Phi) is 3.67. The zero-order chi connectivity index (χ0) is 11.7. The van der Waals surface area contributed by atoms with Gasteiger partial charge in [-0.3, -0.25) is 0 Å². The summed E-state index contributed by atoms with van der Waals surface area (Å²) in [4.78, 5) is 8.65. The Morgan fingerprint density at radius 2 is 1.88 bits per heavy atom. The van der Waals surface area contributed by atoms with Crippen LogP contribution in [-0.4, -0.2) is 23.2 Å². The monoisotopic (exact) mass is 260 g/mol. The van der Waals surface area contributed by atoms with Crippen molar-refractivity contribution in [3.63, 3.8) is 0 Å². The Morgan fingerprint density at radius 1 is 1.25 bits per heavy atom. The molecular formula is C11H14Cl2N2O. The highest BCUT2D eigenvalue weighted by Crippen LogP contribution is 2.31. The van der Waals surface area contributed by atoms with Crippen LogP contribution in [0.1, 0.15) is 43.5 Å². The Labute approximate surface area is 105 Å². The number of hydrogen-bond donors (Lipinski definition) is 0. The third-order valence-electron chi connectivity index (χ3n) is 2.74. The number of aromatic nitrogens is 2. The van der Waals surface area contributed by atoms with Gasteiger partial charge >= 0.3 is 0 Å². The number of halogens is 2. The van der Waals surface area contributed by atoms with E-state index in [4.69, 9.17) is 27.9 Å². The van der Waals surface area contributed by atoms with Crippen LogP contribution < -0.4 is 0 Å². The predicted octanol–water partition coefficient (Wildman–Crippen LogP) is 3.41. The van der Waals surface area contributed by atoms with Crippen molar-refractivity contribution in [3.8, 4) is 0 Å². The second-order valence-electron chi connectivity index (χ2n) is 4.29. The fourth-order valence-corrected chi connectivity index (χ4v) is 2.67. The van der Waals surface area contributed by atoms with Crippen molar-refractivity contribution in [1.29, 1.82) is 0 Å². The fourth-order valence-electron chi connectivity index (χ4n) is 1.83. The first-order valence-corrected chi connectivity index (χ1v) is 6.15. The van der Waals surface area contributed by atoms with E-state index in [0.29, 0.717) is 22.7 Å². The van der Waals surface area contributed by atoms with Crippen LogP contribution in [0.15, 0.2) is 0 Å². The third kappa shape index (κ3) is 2.31. The maximum Gasteiger partial charge on any atom is 0.137 e. The first-order valence-electron chi connectivity index (χ1n) is 5.40. The molecule has 2 rings (SSSR count). The molecule has 0 radical (unpaired) electrons. The molecule has 0 N–H and O–H groups in total. The summed E-state index contributed by atoms with van der Waals surface area (Å²) in [6.07, 6.45) is 0.938. The van der Waals surface area contributed by atoms with Crippen molar-refractivity contribution in [2.75, 3.05) is 13.2 Å². The van der Waals surface area contributed by atoms with Crippen LogP contribution in [0.2, 0.25) is 10.3 Å². The van der Waals surface area contributed by atoms with E-state index in [1.54, 1.807) is 0 Å². The molecule has 1 unspecified atom stereocenters. The summed E-state index contributed by atoms with van der Waals surface area (Å²) in [6, 6.07) is 0. The average molecular weight is 261 g/mol. The summed E-state index contributed by atoms with van der Waals surface area (Å²) in [5, 5.41) is 0.939. The zero-order valence-corrected chi connectivity index (χ0v) is 10.8. The predicted molar refractivity (Wildman–Crippen MR) is 64.3 cm³/mol. The minimum Gasteiger partial charge on any atom is -0.381 e. The molecule has 3 nitrogen and oxygen atoms in total. The van der Waals surface area contributed by atoms with Crippen LogP contribution in [-0.2, 0) is 4.74 Å². The van der Waals surface area contributed by atoms with Crippen LogP contribution in [0.3, 0.4) is 0 Å². The highest BCUT2D eigenvalue weighted by Gasteiger charge is 2.23. The lowest BCUT2D eigenvalue weighted by atomic mass is 10.1. The molecule has 0 aromatic carbocycles. The van der Waals surface area contributed by atoms with Crippen LogP contribution >= 0.6 is 23.2 Å². The van der Waals surface area contributed by atoms with Gasteiger partial charge in [0.1, 0.15) is 16.1 Å². The molecule has 1 aliphatic heterocycles. The molecule has 2 heterocycles. The lowest BCUT2D eigenvalue weighted by Crippen LogP contribution is -2.07. The van der Waals surface area contributed by atoms with E-state index in [-0.39, 0.29) is 11.8 Å². The van der Waals surface area contributed by atoms with Gasteiger partial charge in [0.25, 0.3) is 0 Å². The van der Waals surface area contributed by atoms with Gasteiger partial charge in [-0.15, -0.1) is 0 Å². The van der Waals surface area contributed by atoms with E-state index in [2.05, 4.69) is 9.97 Å². The molecule has 16 heavy (non-hydrogen) atoms. The molecule has 0 spiro atoms. The number of ether oxygens (including phenoxy) is 1. The van der Waals surface area contributed by atoms with Crippen molar-refractivity contribution in [2.24, 2.45) is 0 Å². The number of nitrogens with zero attached hydrogens (tertiary/aromatic N) is 2. The van der Waals surface area contributed by atoms with Crippen LogP contribution in [0.5, 0.6) is 0 Å². The van der Waals surface area contributed by atoms with Gasteiger partial charge in [0, 0.05) is 18.1 Å². The summed E-state index contributed by atoms with van der Waals surface area (Å²) in [7, 11) is 0. The van der Waals surface area contributed by atoms with Crippen LogP contribution in [0.25, 0.3) is 0 Å². The standard InChI is InChI=1S/C11H14Cl2N2O/c1-6(2)8-9(12)14-11(15-10(8)13)7-3-4-16-5-7/h6-7H,3-5H2,1-2H3. The largest absolute Gasteiger partial charge is 0.381 e. The summed E-state index contributed by atoms with van der Waals surface area (Å²) >= 11 is 12.3. The van der Waals surface area contributed by atoms with E-state index < -0.39 is 0 Å². The molecule has 0 amide bonds. The molecule has 1 aromatic rings. The average Bonchev–Trinajstić information content (AvgIpc) is 2.67. The second kappa shape index (κ2) is 4.86. The quantitative estimate of drug-likeness (QED) is 0.765. The highest BCUT2D eigenvalue weighted by molar-refractivity contribution is 6.34. The van der Waals surface area contributed by atoms with Gasteiger partial charge < -0.3 is 4.74 Å². The highest BCUT2D eigenvalue weighted by atomic mass is 35.5. The smallest absolute Gasteiger partial charge is 0.137 e. The van der Waals surface area contributed by atoms with E-state index in [1.807, 2.05) is 13.8 Å². The Hall–Kier alpha value is -0.380. The Balaban J connectivity index is 2.36. The summed E-state index contributed by atoms with van der Waals surface area (Å²) in [5.41, 5.74) is 0.825. The van der Waals surface area contributed by atoms with Gasteiger partial charge in [0.15, 0.2) is 0 Å². The van der Waals surface area contributed by atoms with Gasteiger partial charge in [-0.2, -0.15) is 0 Å². The number of rotatable bonds is 2. The minimum absolute atomic E-state index is 0.230. The molecule has 1 aliphatic rings. The van der Waals surface area contributed by atoms with E-state index in [9.17, 15) is 0 Å². The molecule has 0 bridgehead atoms. The molecule has 1 fully saturated rings. The van der Waals surface area contributed by atoms with Gasteiger partial charge in [-0.25, -0.2) is 9.97 Å². The topological polar surface area (TPSA) is 35.0 Å². The minimum atomic E-state index is 0.230. The Bertz CT molecular complexity index is 367. The summed E-state index contributed by atoms with van der Waals surface area (Å²) in [5.74, 6) is 1.17. The van der Waals surface area contributed by atoms with Crippen molar-refractivity contribution in [1.82, 2.24) is 9.97 Å². The molecule has 0 aliphatic carbocycles. The van der Waals surface area contributed by atoms with E-state index >= 15 is 0 Å². The van der Waals surface area contributed by atoms with Gasteiger partial charge in [0.2, 0.25) is 0 Å². The molecule has 1 atom stereocenters. The molecule has 0 saturated carbocycles. The Morgan fingerprint density at radius 3 is 2.31 bits per heavy atom. The normalized spacial score (nSPS) is 20.7. The molecular weight excluding hydrogens is 247 g/mol. The van der Waals surface area contributed by atoms with Gasteiger partial charge in [-0.1, -0.05) is 37.0 Å². The molecule has 5 heteroatoms. The van der Waals surface area contributed by atoms with Crippen LogP contribution in [0.4, 0.5) is 0 Å². The molecule has 1 aromatic heterocycles. The van der Waals surface area contributed by atoms with E-state index in [1.165, 1.54) is 0 Å². The maximum atomic E-state index is 6.13. The maximum absolute atomic E-state index is 6.13. The first kappa shape index (κ1) is 12.1. The van der Waals surface area contributed by atoms with Crippen molar-refractivity contribution < 1.29 is 4.74 Å². The lowest BCUT2D eigenvalue weighted by Gasteiger charge is -2.13.